The SMILES string of the molecule is CN(C)C1(C(=O)O)CCCSC1. The maximum absolute atomic E-state index is 11.1. The molecule has 0 aromatic rings. The average molecular weight is 189 g/mol. The first-order valence-corrected chi connectivity index (χ1v) is 5.23. The third-order valence-electron chi connectivity index (χ3n) is 2.47. The fraction of sp³-hybridized carbons (Fsp3) is 0.875. The molecule has 1 aliphatic heterocycles. The van der Waals surface area contributed by atoms with E-state index in [1.165, 1.54) is 0 Å². The predicted molar refractivity (Wildman–Crippen MR) is 50.6 cm³/mol. The highest BCUT2D eigenvalue weighted by Gasteiger charge is 2.41. The molecule has 12 heavy (non-hydrogen) atoms. The summed E-state index contributed by atoms with van der Waals surface area (Å²) in [7, 11) is 3.69. The third kappa shape index (κ3) is 1.59. The third-order valence-corrected chi connectivity index (χ3v) is 3.73. The van der Waals surface area contributed by atoms with E-state index < -0.39 is 11.5 Å². The number of nitrogens with zero attached hydrogens (tertiary/aromatic N) is 1. The first kappa shape index (κ1) is 9.86. The van der Waals surface area contributed by atoms with Gasteiger partial charge in [-0.15, -0.1) is 0 Å². The number of carboxylic acids is 1. The molecule has 0 amide bonds. The lowest BCUT2D eigenvalue weighted by Crippen LogP contribution is -2.54. The second-order valence-corrected chi connectivity index (χ2v) is 4.49. The van der Waals surface area contributed by atoms with Crippen molar-refractivity contribution < 1.29 is 9.90 Å². The minimum Gasteiger partial charge on any atom is -0.480 e. The lowest BCUT2D eigenvalue weighted by atomic mass is 9.94. The molecule has 70 valence electrons. The van der Waals surface area contributed by atoms with Gasteiger partial charge in [-0.2, -0.15) is 11.8 Å². The van der Waals surface area contributed by atoms with Crippen molar-refractivity contribution in [2.45, 2.75) is 18.4 Å². The molecule has 0 aromatic heterocycles. The van der Waals surface area contributed by atoms with Crippen LogP contribution in [0.25, 0.3) is 0 Å². The normalized spacial score (nSPS) is 30.6. The summed E-state index contributed by atoms with van der Waals surface area (Å²) in [6.07, 6.45) is 1.79. The zero-order valence-electron chi connectivity index (χ0n) is 7.54. The fourth-order valence-corrected chi connectivity index (χ4v) is 2.85. The van der Waals surface area contributed by atoms with Gasteiger partial charge in [-0.05, 0) is 32.7 Å². The van der Waals surface area contributed by atoms with Crippen LogP contribution in [-0.2, 0) is 4.79 Å². The summed E-state index contributed by atoms with van der Waals surface area (Å²) in [5, 5.41) is 9.10. The molecule has 0 bridgehead atoms. The summed E-state index contributed by atoms with van der Waals surface area (Å²) in [5.74, 6) is 1.14. The quantitative estimate of drug-likeness (QED) is 0.700. The molecule has 0 saturated carbocycles. The Morgan fingerprint density at radius 1 is 1.58 bits per heavy atom. The van der Waals surface area contributed by atoms with Gasteiger partial charge in [0.1, 0.15) is 5.54 Å². The first-order chi connectivity index (χ1) is 5.59. The van der Waals surface area contributed by atoms with E-state index in [1.54, 1.807) is 11.8 Å². The molecule has 3 nitrogen and oxygen atoms in total. The molecule has 4 heteroatoms. The molecule has 0 radical (unpaired) electrons. The summed E-state index contributed by atoms with van der Waals surface area (Å²) in [4.78, 5) is 12.9. The van der Waals surface area contributed by atoms with Crippen molar-refractivity contribution in [2.24, 2.45) is 0 Å². The Bertz CT molecular complexity index is 176. The number of rotatable bonds is 2. The molecule has 1 atom stereocenters. The van der Waals surface area contributed by atoms with E-state index in [2.05, 4.69) is 0 Å². The second kappa shape index (κ2) is 3.66. The molecule has 1 fully saturated rings. The van der Waals surface area contributed by atoms with E-state index in [4.69, 9.17) is 5.11 Å². The van der Waals surface area contributed by atoms with Crippen molar-refractivity contribution in [1.29, 1.82) is 0 Å². The van der Waals surface area contributed by atoms with Gasteiger partial charge >= 0.3 is 5.97 Å². The van der Waals surface area contributed by atoms with Gasteiger partial charge in [0.15, 0.2) is 0 Å². The molecule has 1 rings (SSSR count). The highest BCUT2D eigenvalue weighted by Crippen LogP contribution is 2.30. The van der Waals surface area contributed by atoms with Crippen molar-refractivity contribution in [2.75, 3.05) is 25.6 Å². The molecule has 1 heterocycles. The Kier molecular flexibility index (Phi) is 3.01. The van der Waals surface area contributed by atoms with Gasteiger partial charge in [0.05, 0.1) is 0 Å². The Morgan fingerprint density at radius 3 is 2.50 bits per heavy atom. The fourth-order valence-electron chi connectivity index (χ4n) is 1.49. The van der Waals surface area contributed by atoms with Crippen molar-refractivity contribution in [3.05, 3.63) is 0 Å². The van der Waals surface area contributed by atoms with Crippen LogP contribution >= 0.6 is 11.8 Å². The Labute approximate surface area is 77.1 Å². The van der Waals surface area contributed by atoms with Crippen LogP contribution in [0.3, 0.4) is 0 Å². The van der Waals surface area contributed by atoms with Crippen LogP contribution < -0.4 is 0 Å². The minimum atomic E-state index is -0.681. The lowest BCUT2D eigenvalue weighted by molar-refractivity contribution is -0.149. The van der Waals surface area contributed by atoms with Crippen molar-refractivity contribution >= 4 is 17.7 Å². The van der Waals surface area contributed by atoms with Crippen molar-refractivity contribution in [1.82, 2.24) is 4.90 Å². The van der Waals surface area contributed by atoms with Gasteiger partial charge < -0.3 is 5.11 Å². The Hall–Kier alpha value is -0.220. The lowest BCUT2D eigenvalue weighted by Gasteiger charge is -2.38. The number of carbonyl (C=O) groups is 1. The van der Waals surface area contributed by atoms with Crippen LogP contribution in [0.4, 0.5) is 0 Å². The van der Waals surface area contributed by atoms with E-state index >= 15 is 0 Å². The smallest absolute Gasteiger partial charge is 0.324 e. The summed E-state index contributed by atoms with van der Waals surface area (Å²) < 4.78 is 0. The zero-order chi connectivity index (χ0) is 9.19. The van der Waals surface area contributed by atoms with Crippen LogP contribution in [0.15, 0.2) is 0 Å². The van der Waals surface area contributed by atoms with Crippen LogP contribution in [0, 0.1) is 0 Å². The van der Waals surface area contributed by atoms with Crippen LogP contribution in [0.1, 0.15) is 12.8 Å². The van der Waals surface area contributed by atoms with Gasteiger partial charge in [0.25, 0.3) is 0 Å². The molecule has 0 aliphatic carbocycles. The second-order valence-electron chi connectivity index (χ2n) is 3.39. The minimum absolute atomic E-state index is 0.608. The van der Waals surface area contributed by atoms with E-state index in [0.717, 1.165) is 24.3 Å². The molecule has 1 aliphatic rings. The first-order valence-electron chi connectivity index (χ1n) is 4.08. The van der Waals surface area contributed by atoms with Crippen LogP contribution in [-0.4, -0.2) is 47.1 Å². The van der Waals surface area contributed by atoms with Crippen LogP contribution in [0.2, 0.25) is 0 Å². The van der Waals surface area contributed by atoms with Crippen molar-refractivity contribution in [3.8, 4) is 0 Å². The number of aliphatic carboxylic acids is 1. The largest absolute Gasteiger partial charge is 0.480 e. The van der Waals surface area contributed by atoms with Gasteiger partial charge in [0.2, 0.25) is 0 Å². The van der Waals surface area contributed by atoms with E-state index in [-0.39, 0.29) is 0 Å². The summed E-state index contributed by atoms with van der Waals surface area (Å²) in [5.41, 5.74) is -0.608. The predicted octanol–water partition coefficient (Wildman–Crippen LogP) is 0.898. The number of carboxylic acid groups (broad SMARTS) is 1. The van der Waals surface area contributed by atoms with Gasteiger partial charge in [-0.25, -0.2) is 0 Å². The van der Waals surface area contributed by atoms with Crippen molar-refractivity contribution in [3.63, 3.8) is 0 Å². The summed E-state index contributed by atoms with van der Waals surface area (Å²) in [6, 6.07) is 0. The maximum atomic E-state index is 11.1. The molecule has 0 spiro atoms. The van der Waals surface area contributed by atoms with E-state index in [0.29, 0.717) is 0 Å². The number of hydrogen-bond acceptors (Lipinski definition) is 3. The zero-order valence-corrected chi connectivity index (χ0v) is 8.36. The standard InChI is InChI=1S/C8H15NO2S/c1-9(2)8(7(10)11)4-3-5-12-6-8/h3-6H2,1-2H3,(H,10,11). The van der Waals surface area contributed by atoms with E-state index in [9.17, 15) is 4.79 Å². The number of likely N-dealkylation sites (N-methyl/N-ethyl adjacent to an activating group) is 1. The monoisotopic (exact) mass is 189 g/mol. The summed E-state index contributed by atoms with van der Waals surface area (Å²) in [6.45, 7) is 0. The van der Waals surface area contributed by atoms with E-state index in [1.807, 2.05) is 19.0 Å². The number of hydrogen-bond donors (Lipinski definition) is 1. The molecule has 1 saturated heterocycles. The van der Waals surface area contributed by atoms with Gasteiger partial charge in [0, 0.05) is 5.75 Å². The molecule has 1 N–H and O–H groups in total. The van der Waals surface area contributed by atoms with Gasteiger partial charge in [-0.1, -0.05) is 0 Å². The van der Waals surface area contributed by atoms with Crippen LogP contribution in [0.5, 0.6) is 0 Å². The Morgan fingerprint density at radius 2 is 2.25 bits per heavy atom. The average Bonchev–Trinajstić information content (AvgIpc) is 2.05. The topological polar surface area (TPSA) is 40.5 Å². The van der Waals surface area contributed by atoms with Gasteiger partial charge in [-0.3, -0.25) is 9.69 Å². The number of thioether (sulfide) groups is 1. The molecular weight excluding hydrogens is 174 g/mol. The molecular formula is C8H15NO2S. The Balaban J connectivity index is 2.77. The highest BCUT2D eigenvalue weighted by molar-refractivity contribution is 7.99. The summed E-state index contributed by atoms with van der Waals surface area (Å²) >= 11 is 1.74. The maximum Gasteiger partial charge on any atom is 0.324 e. The highest BCUT2D eigenvalue weighted by atomic mass is 32.2. The molecule has 1 unspecified atom stereocenters. The molecule has 0 aromatic carbocycles.